The zero-order valence-corrected chi connectivity index (χ0v) is 19.2. The van der Waals surface area contributed by atoms with Gasteiger partial charge in [-0.25, -0.2) is 4.67 Å². The second-order valence-electron chi connectivity index (χ2n) is 9.20. The summed E-state index contributed by atoms with van der Waals surface area (Å²) in [5.41, 5.74) is 3.74. The highest BCUT2D eigenvalue weighted by molar-refractivity contribution is 7.71. The summed E-state index contributed by atoms with van der Waals surface area (Å²) >= 11 is 0. The molecule has 1 aliphatic heterocycles. The Hall–Kier alpha value is -2.93. The van der Waals surface area contributed by atoms with Crippen molar-refractivity contribution in [3.63, 3.8) is 0 Å². The average Bonchev–Trinajstić information content (AvgIpc) is 3.03. The fourth-order valence-electron chi connectivity index (χ4n) is 6.02. The average molecular weight is 436 g/mol. The van der Waals surface area contributed by atoms with Gasteiger partial charge in [-0.15, -0.1) is 0 Å². The van der Waals surface area contributed by atoms with Crippen molar-refractivity contribution in [3.8, 4) is 0 Å². The largest absolute Gasteiger partial charge is 0.300 e. The van der Waals surface area contributed by atoms with E-state index in [0.29, 0.717) is 0 Å². The molecular weight excluding hydrogens is 409 g/mol. The van der Waals surface area contributed by atoms with Crippen LogP contribution in [0.3, 0.4) is 0 Å². The van der Waals surface area contributed by atoms with Gasteiger partial charge in [-0.3, -0.25) is 0 Å². The van der Waals surface area contributed by atoms with Crippen LogP contribution in [0.15, 0.2) is 103 Å². The van der Waals surface area contributed by atoms with E-state index in [0.717, 1.165) is 10.7 Å². The molecule has 0 aromatic heterocycles. The first-order valence-corrected chi connectivity index (χ1v) is 12.9. The van der Waals surface area contributed by atoms with Crippen molar-refractivity contribution in [1.29, 1.82) is 0 Å². The Morgan fingerprint density at radius 1 is 0.812 bits per heavy atom. The summed E-state index contributed by atoms with van der Waals surface area (Å²) in [6.45, 7) is 2.21. The van der Waals surface area contributed by atoms with E-state index >= 15 is 4.57 Å². The maximum Gasteiger partial charge on any atom is 0.188 e. The van der Waals surface area contributed by atoms with Gasteiger partial charge < -0.3 is 4.57 Å². The molecule has 2 aliphatic rings. The molecule has 32 heavy (non-hydrogen) atoms. The highest BCUT2D eigenvalue weighted by atomic mass is 31.2. The lowest BCUT2D eigenvalue weighted by Crippen LogP contribution is -2.33. The molecule has 158 valence electrons. The molecule has 0 bridgehead atoms. The predicted molar refractivity (Wildman–Crippen MR) is 135 cm³/mol. The SMILES string of the molecule is CN1[C@H](c2ccccc2)[C@H]2c3ccccc3C=C[C@]2(C)P1(=O)c1ccc2ccccc2c1. The topological polar surface area (TPSA) is 20.3 Å². The number of likely N-dealkylation sites (N-methyl/N-ethyl adjacent to an activating group) is 1. The van der Waals surface area contributed by atoms with Gasteiger partial charge in [-0.1, -0.05) is 97.1 Å². The minimum Gasteiger partial charge on any atom is -0.300 e. The summed E-state index contributed by atoms with van der Waals surface area (Å²) in [5.74, 6) is 0.105. The van der Waals surface area contributed by atoms with E-state index in [1.807, 2.05) is 0 Å². The van der Waals surface area contributed by atoms with E-state index in [-0.39, 0.29) is 12.0 Å². The maximum absolute atomic E-state index is 15.3. The van der Waals surface area contributed by atoms with Crippen molar-refractivity contribution in [2.24, 2.45) is 0 Å². The number of allylic oxidation sites excluding steroid dienone is 1. The smallest absolute Gasteiger partial charge is 0.188 e. The Labute approximate surface area is 189 Å². The number of nitrogens with zero attached hydrogens (tertiary/aromatic N) is 1. The normalized spacial score (nSPS) is 29.1. The van der Waals surface area contributed by atoms with Crippen molar-refractivity contribution in [1.82, 2.24) is 4.67 Å². The van der Waals surface area contributed by atoms with Gasteiger partial charge in [0, 0.05) is 17.3 Å². The number of hydrogen-bond donors (Lipinski definition) is 0. The van der Waals surface area contributed by atoms with E-state index in [1.165, 1.54) is 22.1 Å². The second kappa shape index (κ2) is 7.04. The fraction of sp³-hybridized carbons (Fsp3) is 0.172. The van der Waals surface area contributed by atoms with Crippen molar-refractivity contribution >= 4 is 29.4 Å². The summed E-state index contributed by atoms with van der Waals surface area (Å²) in [6, 6.07) is 33.9. The van der Waals surface area contributed by atoms with Crippen LogP contribution < -0.4 is 5.30 Å². The molecule has 4 aromatic carbocycles. The summed E-state index contributed by atoms with van der Waals surface area (Å²) in [5, 5.41) is 2.75. The van der Waals surface area contributed by atoms with Crippen molar-refractivity contribution < 1.29 is 4.57 Å². The molecule has 0 N–H and O–H groups in total. The van der Waals surface area contributed by atoms with Gasteiger partial charge in [0.2, 0.25) is 0 Å². The van der Waals surface area contributed by atoms with E-state index < -0.39 is 12.4 Å². The molecule has 0 amide bonds. The number of rotatable bonds is 2. The molecular formula is C29H26NOP. The van der Waals surface area contributed by atoms with E-state index in [1.54, 1.807) is 0 Å². The molecule has 0 spiro atoms. The number of fused-ring (bicyclic) bond motifs is 4. The molecule has 4 atom stereocenters. The fourth-order valence-corrected chi connectivity index (χ4v) is 9.76. The van der Waals surface area contributed by atoms with Crippen LogP contribution >= 0.6 is 7.29 Å². The molecule has 1 heterocycles. The maximum atomic E-state index is 15.3. The van der Waals surface area contributed by atoms with Gasteiger partial charge in [0.15, 0.2) is 7.29 Å². The van der Waals surface area contributed by atoms with Crippen LogP contribution in [0.25, 0.3) is 16.8 Å². The minimum absolute atomic E-state index is 0.0320. The van der Waals surface area contributed by atoms with Gasteiger partial charge in [0.25, 0.3) is 0 Å². The van der Waals surface area contributed by atoms with Crippen LogP contribution in [0.2, 0.25) is 0 Å². The first-order chi connectivity index (χ1) is 15.5. The molecule has 1 unspecified atom stereocenters. The molecule has 0 saturated carbocycles. The molecule has 3 heteroatoms. The highest BCUT2D eigenvalue weighted by Gasteiger charge is 2.63. The van der Waals surface area contributed by atoms with Gasteiger partial charge in [0.1, 0.15) is 0 Å². The molecule has 2 nitrogen and oxygen atoms in total. The lowest BCUT2D eigenvalue weighted by molar-refractivity contribution is 0.364. The van der Waals surface area contributed by atoms with Gasteiger partial charge in [0.05, 0.1) is 5.16 Å². The standard InChI is InChI=1S/C29H26NOP/c1-29-19-18-22-11-8-9-15-26(22)27(29)28(23-12-4-3-5-13-23)30(2)32(29,31)25-17-16-21-10-6-7-14-24(21)20-25/h3-20,27-28H,1-2H3/t27-,28-,29+,32?/m1/s1. The van der Waals surface area contributed by atoms with Crippen LogP contribution in [-0.2, 0) is 4.57 Å². The Morgan fingerprint density at radius 3 is 2.31 bits per heavy atom. The monoisotopic (exact) mass is 435 g/mol. The lowest BCUT2D eigenvalue weighted by atomic mass is 9.73. The van der Waals surface area contributed by atoms with E-state index in [4.69, 9.17) is 0 Å². The van der Waals surface area contributed by atoms with Crippen molar-refractivity contribution in [2.45, 2.75) is 24.0 Å². The number of benzene rings is 4. The Kier molecular flexibility index (Phi) is 4.34. The Morgan fingerprint density at radius 2 is 1.50 bits per heavy atom. The third-order valence-corrected chi connectivity index (χ3v) is 11.4. The zero-order chi connectivity index (χ0) is 21.9. The Bertz CT molecular complexity index is 1410. The molecule has 1 aliphatic carbocycles. The molecule has 0 radical (unpaired) electrons. The predicted octanol–water partition coefficient (Wildman–Crippen LogP) is 7.00. The van der Waals surface area contributed by atoms with Gasteiger partial charge >= 0.3 is 0 Å². The quantitative estimate of drug-likeness (QED) is 0.316. The summed E-state index contributed by atoms with van der Waals surface area (Å²) in [6.07, 6.45) is 4.41. The molecule has 1 saturated heterocycles. The van der Waals surface area contributed by atoms with Gasteiger partial charge in [-0.05, 0) is 53.6 Å². The zero-order valence-electron chi connectivity index (χ0n) is 18.3. The van der Waals surface area contributed by atoms with E-state index in [9.17, 15) is 0 Å². The van der Waals surface area contributed by atoms with Crippen molar-refractivity contribution in [3.05, 3.63) is 120 Å². The number of hydrogen-bond acceptors (Lipinski definition) is 1. The minimum atomic E-state index is -2.99. The second-order valence-corrected chi connectivity index (χ2v) is 12.5. The van der Waals surface area contributed by atoms with Gasteiger partial charge in [-0.2, -0.15) is 0 Å². The highest BCUT2D eigenvalue weighted by Crippen LogP contribution is 2.76. The van der Waals surface area contributed by atoms with Crippen LogP contribution in [0.1, 0.15) is 35.6 Å². The summed E-state index contributed by atoms with van der Waals surface area (Å²) in [4.78, 5) is 0. The molecule has 1 fully saturated rings. The van der Waals surface area contributed by atoms with Crippen LogP contribution in [-0.4, -0.2) is 16.9 Å². The molecule has 6 rings (SSSR count). The lowest BCUT2D eigenvalue weighted by Gasteiger charge is -2.38. The Balaban J connectivity index is 1.63. The van der Waals surface area contributed by atoms with Crippen LogP contribution in [0.5, 0.6) is 0 Å². The van der Waals surface area contributed by atoms with E-state index in [2.05, 4.69) is 128 Å². The van der Waals surface area contributed by atoms with Crippen LogP contribution in [0, 0.1) is 0 Å². The summed E-state index contributed by atoms with van der Waals surface area (Å²) in [7, 11) is -0.929. The van der Waals surface area contributed by atoms with Crippen LogP contribution in [0.4, 0.5) is 0 Å². The first kappa shape index (κ1) is 19.7. The third-order valence-electron chi connectivity index (χ3n) is 7.60. The van der Waals surface area contributed by atoms with Crippen molar-refractivity contribution in [2.75, 3.05) is 7.05 Å². The molecule has 4 aromatic rings. The summed E-state index contributed by atoms with van der Waals surface area (Å²) < 4.78 is 17.5. The first-order valence-electron chi connectivity index (χ1n) is 11.2. The third kappa shape index (κ3) is 2.54.